The maximum atomic E-state index is 10.5. The number of aromatic nitrogens is 3. The third-order valence-corrected chi connectivity index (χ3v) is 3.41. The van der Waals surface area contributed by atoms with E-state index in [2.05, 4.69) is 10.1 Å². The van der Waals surface area contributed by atoms with Crippen molar-refractivity contribution in [2.24, 2.45) is 5.92 Å². The highest BCUT2D eigenvalue weighted by atomic mass is 16.3. The van der Waals surface area contributed by atoms with Crippen LogP contribution in [0.4, 0.5) is 0 Å². The van der Waals surface area contributed by atoms with Crippen LogP contribution in [0.3, 0.4) is 0 Å². The molecule has 4 nitrogen and oxygen atoms in total. The van der Waals surface area contributed by atoms with Crippen LogP contribution in [0.15, 0.2) is 6.33 Å². The van der Waals surface area contributed by atoms with Crippen LogP contribution in [0.2, 0.25) is 0 Å². The Morgan fingerprint density at radius 2 is 2.27 bits per heavy atom. The summed E-state index contributed by atoms with van der Waals surface area (Å²) in [5, 5.41) is 14.6. The third-order valence-electron chi connectivity index (χ3n) is 3.41. The van der Waals surface area contributed by atoms with Crippen LogP contribution in [0, 0.1) is 5.92 Å². The maximum Gasteiger partial charge on any atom is 0.138 e. The lowest BCUT2D eigenvalue weighted by Gasteiger charge is -2.26. The lowest BCUT2D eigenvalue weighted by molar-refractivity contribution is 0.0111. The minimum absolute atomic E-state index is 0.476. The highest BCUT2D eigenvalue weighted by Crippen LogP contribution is 2.42. The monoisotopic (exact) mass is 209 g/mol. The van der Waals surface area contributed by atoms with Gasteiger partial charge in [-0.2, -0.15) is 5.10 Å². The molecule has 1 aromatic rings. The molecule has 1 saturated carbocycles. The first-order chi connectivity index (χ1) is 7.19. The Bertz CT molecular complexity index is 332. The first-order valence-corrected chi connectivity index (χ1v) is 5.78. The Labute approximate surface area is 90.3 Å². The van der Waals surface area contributed by atoms with Crippen molar-refractivity contribution in [2.45, 2.75) is 51.7 Å². The van der Waals surface area contributed by atoms with E-state index in [0.717, 1.165) is 31.6 Å². The first-order valence-electron chi connectivity index (χ1n) is 5.78. The largest absolute Gasteiger partial charge is 0.389 e. The summed E-state index contributed by atoms with van der Waals surface area (Å²) in [6.07, 6.45) is 5.33. The molecule has 1 unspecified atom stereocenters. The van der Waals surface area contributed by atoms with E-state index in [0.29, 0.717) is 12.3 Å². The molecule has 15 heavy (non-hydrogen) atoms. The van der Waals surface area contributed by atoms with Gasteiger partial charge in [-0.05, 0) is 32.1 Å². The molecule has 0 bridgehead atoms. The van der Waals surface area contributed by atoms with Crippen molar-refractivity contribution in [3.05, 3.63) is 12.2 Å². The molecule has 1 aliphatic carbocycles. The van der Waals surface area contributed by atoms with Crippen LogP contribution in [0.1, 0.15) is 38.9 Å². The Morgan fingerprint density at radius 3 is 2.80 bits per heavy atom. The van der Waals surface area contributed by atoms with Gasteiger partial charge in [-0.1, -0.05) is 6.92 Å². The highest BCUT2D eigenvalue weighted by Gasteiger charge is 2.43. The summed E-state index contributed by atoms with van der Waals surface area (Å²) in [5.74, 6) is 1.39. The molecule has 0 aliphatic heterocycles. The van der Waals surface area contributed by atoms with Crippen molar-refractivity contribution in [1.29, 1.82) is 0 Å². The number of aryl methyl sites for hydroxylation is 1. The molecule has 0 saturated heterocycles. The van der Waals surface area contributed by atoms with Crippen LogP contribution < -0.4 is 0 Å². The molecule has 1 heterocycles. The van der Waals surface area contributed by atoms with Crippen LogP contribution in [0.5, 0.6) is 0 Å². The predicted molar refractivity (Wildman–Crippen MR) is 57.4 cm³/mol. The second-order valence-electron chi connectivity index (χ2n) is 4.40. The van der Waals surface area contributed by atoms with E-state index in [1.54, 1.807) is 6.33 Å². The van der Waals surface area contributed by atoms with Gasteiger partial charge in [0.2, 0.25) is 0 Å². The van der Waals surface area contributed by atoms with Crippen LogP contribution in [0.25, 0.3) is 0 Å². The summed E-state index contributed by atoms with van der Waals surface area (Å²) in [4.78, 5) is 4.22. The van der Waals surface area contributed by atoms with E-state index in [-0.39, 0.29) is 0 Å². The van der Waals surface area contributed by atoms with Gasteiger partial charge in [0.25, 0.3) is 0 Å². The lowest BCUT2D eigenvalue weighted by atomic mass is 9.90. The summed E-state index contributed by atoms with van der Waals surface area (Å²) in [6, 6.07) is 0. The summed E-state index contributed by atoms with van der Waals surface area (Å²) in [7, 11) is 0. The summed E-state index contributed by atoms with van der Waals surface area (Å²) in [5.41, 5.74) is -0.556. The average molecular weight is 209 g/mol. The van der Waals surface area contributed by atoms with Crippen molar-refractivity contribution >= 4 is 0 Å². The van der Waals surface area contributed by atoms with Gasteiger partial charge in [0, 0.05) is 13.0 Å². The molecule has 1 aliphatic rings. The van der Waals surface area contributed by atoms with Crippen LogP contribution >= 0.6 is 0 Å². The van der Waals surface area contributed by atoms with E-state index in [1.165, 1.54) is 0 Å². The van der Waals surface area contributed by atoms with Gasteiger partial charge < -0.3 is 5.11 Å². The molecule has 4 heteroatoms. The molecular weight excluding hydrogens is 190 g/mol. The van der Waals surface area contributed by atoms with Gasteiger partial charge in [0.15, 0.2) is 0 Å². The Kier molecular flexibility index (Phi) is 2.78. The SMILES string of the molecule is CCn1ncnc1CC(O)(CC)C1CC1. The molecule has 1 aromatic heterocycles. The van der Waals surface area contributed by atoms with Crippen LogP contribution in [-0.4, -0.2) is 25.5 Å². The van der Waals surface area contributed by atoms with Gasteiger partial charge >= 0.3 is 0 Å². The average Bonchev–Trinajstić information content (AvgIpc) is 3.01. The normalized spacial score (nSPS) is 20.2. The zero-order valence-corrected chi connectivity index (χ0v) is 9.48. The molecule has 84 valence electrons. The number of hydrogen-bond donors (Lipinski definition) is 1. The molecule has 2 rings (SSSR count). The molecule has 0 amide bonds. The topological polar surface area (TPSA) is 50.9 Å². The van der Waals surface area contributed by atoms with E-state index in [9.17, 15) is 5.11 Å². The quantitative estimate of drug-likeness (QED) is 0.797. The standard InChI is InChI=1S/C11H19N3O/c1-3-11(15,9-5-6-9)7-10-12-8-13-14(10)4-2/h8-9,15H,3-7H2,1-2H3. The fourth-order valence-electron chi connectivity index (χ4n) is 2.14. The second-order valence-corrected chi connectivity index (χ2v) is 4.40. The molecule has 1 atom stereocenters. The van der Waals surface area contributed by atoms with Crippen molar-refractivity contribution in [3.8, 4) is 0 Å². The molecule has 1 N–H and O–H groups in total. The fourth-order valence-corrected chi connectivity index (χ4v) is 2.14. The third kappa shape index (κ3) is 2.04. The minimum Gasteiger partial charge on any atom is -0.389 e. The minimum atomic E-state index is -0.556. The van der Waals surface area contributed by atoms with Gasteiger partial charge in [0.05, 0.1) is 5.60 Å². The van der Waals surface area contributed by atoms with Crippen molar-refractivity contribution in [2.75, 3.05) is 0 Å². The molecule has 0 radical (unpaired) electrons. The van der Waals surface area contributed by atoms with E-state index in [1.807, 2.05) is 18.5 Å². The number of nitrogens with zero attached hydrogens (tertiary/aromatic N) is 3. The zero-order chi connectivity index (χ0) is 10.9. The van der Waals surface area contributed by atoms with Crippen molar-refractivity contribution in [1.82, 2.24) is 14.8 Å². The molecular formula is C11H19N3O. The first kappa shape index (κ1) is 10.6. The zero-order valence-electron chi connectivity index (χ0n) is 9.48. The Hall–Kier alpha value is -0.900. The van der Waals surface area contributed by atoms with E-state index in [4.69, 9.17) is 0 Å². The molecule has 0 spiro atoms. The number of aliphatic hydroxyl groups is 1. The fraction of sp³-hybridized carbons (Fsp3) is 0.818. The van der Waals surface area contributed by atoms with E-state index >= 15 is 0 Å². The van der Waals surface area contributed by atoms with Crippen molar-refractivity contribution in [3.63, 3.8) is 0 Å². The lowest BCUT2D eigenvalue weighted by Crippen LogP contribution is -2.34. The van der Waals surface area contributed by atoms with E-state index < -0.39 is 5.60 Å². The van der Waals surface area contributed by atoms with Gasteiger partial charge in [-0.15, -0.1) is 0 Å². The van der Waals surface area contributed by atoms with Gasteiger partial charge in [-0.3, -0.25) is 4.68 Å². The number of hydrogen-bond acceptors (Lipinski definition) is 3. The van der Waals surface area contributed by atoms with Gasteiger partial charge in [0.1, 0.15) is 12.2 Å². The summed E-state index contributed by atoms with van der Waals surface area (Å²) < 4.78 is 1.86. The Balaban J connectivity index is 2.12. The van der Waals surface area contributed by atoms with Crippen LogP contribution in [-0.2, 0) is 13.0 Å². The number of rotatable bonds is 5. The molecule has 1 fully saturated rings. The molecule has 0 aromatic carbocycles. The van der Waals surface area contributed by atoms with Crippen molar-refractivity contribution < 1.29 is 5.11 Å². The maximum absolute atomic E-state index is 10.5. The second kappa shape index (κ2) is 3.93. The summed E-state index contributed by atoms with van der Waals surface area (Å²) >= 11 is 0. The van der Waals surface area contributed by atoms with Gasteiger partial charge in [-0.25, -0.2) is 4.98 Å². The predicted octanol–water partition coefficient (Wildman–Crippen LogP) is 1.39. The smallest absolute Gasteiger partial charge is 0.138 e. The summed E-state index contributed by atoms with van der Waals surface area (Å²) in [6.45, 7) is 4.91. The highest BCUT2D eigenvalue weighted by molar-refractivity contribution is 5.01. The Morgan fingerprint density at radius 1 is 1.53 bits per heavy atom.